The Morgan fingerprint density at radius 2 is 2.08 bits per heavy atom. The van der Waals surface area contributed by atoms with E-state index in [4.69, 9.17) is 14.2 Å². The monoisotopic (exact) mass is 361 g/mol. The summed E-state index contributed by atoms with van der Waals surface area (Å²) in [6, 6.07) is 3.55. The molecule has 0 spiro atoms. The number of allylic oxidation sites excluding steroid dienone is 2. The van der Waals surface area contributed by atoms with E-state index in [0.717, 1.165) is 29.7 Å². The maximum Gasteiger partial charge on any atom is 0.410 e. The van der Waals surface area contributed by atoms with Crippen LogP contribution >= 0.6 is 0 Å². The van der Waals surface area contributed by atoms with Gasteiger partial charge in [-0.15, -0.1) is 0 Å². The van der Waals surface area contributed by atoms with Gasteiger partial charge < -0.3 is 19.3 Å². The van der Waals surface area contributed by atoms with Gasteiger partial charge in [0.05, 0.1) is 32.6 Å². The zero-order valence-electron chi connectivity index (χ0n) is 15.8. The molecule has 3 atom stereocenters. The average Bonchev–Trinajstić information content (AvgIpc) is 2.67. The predicted molar refractivity (Wildman–Crippen MR) is 97.4 cm³/mol. The molecule has 0 saturated heterocycles. The molecule has 0 saturated carbocycles. The number of hydrogen-bond donors (Lipinski definition) is 1. The minimum Gasteiger partial charge on any atom is -0.504 e. The fourth-order valence-electron chi connectivity index (χ4n) is 4.11. The summed E-state index contributed by atoms with van der Waals surface area (Å²) in [5, 5.41) is 10.6. The topological polar surface area (TPSA) is 68.2 Å². The van der Waals surface area contributed by atoms with Gasteiger partial charge in [0.1, 0.15) is 0 Å². The van der Waals surface area contributed by atoms with Crippen LogP contribution in [0.3, 0.4) is 0 Å². The summed E-state index contributed by atoms with van der Waals surface area (Å²) < 4.78 is 16.1. The van der Waals surface area contributed by atoms with Gasteiger partial charge in [0.25, 0.3) is 0 Å². The highest BCUT2D eigenvalue weighted by atomic mass is 16.6. The number of amides is 1. The van der Waals surface area contributed by atoms with Crippen molar-refractivity contribution >= 4 is 6.09 Å². The van der Waals surface area contributed by atoms with Crippen LogP contribution in [0.1, 0.15) is 56.2 Å². The fraction of sp³-hybridized carbons (Fsp3) is 0.550. The number of carbonyl (C=O) groups is 1. The lowest BCUT2D eigenvalue weighted by atomic mass is 9.69. The molecular formula is C20H27NO5. The van der Waals surface area contributed by atoms with E-state index in [2.05, 4.69) is 6.08 Å². The molecule has 1 amide bonds. The molecule has 26 heavy (non-hydrogen) atoms. The Morgan fingerprint density at radius 3 is 2.73 bits per heavy atom. The van der Waals surface area contributed by atoms with Gasteiger partial charge in [0.2, 0.25) is 0 Å². The zero-order chi connectivity index (χ0) is 18.8. The molecule has 0 fully saturated rings. The van der Waals surface area contributed by atoms with Crippen LogP contribution in [0.25, 0.3) is 0 Å². The van der Waals surface area contributed by atoms with Crippen LogP contribution in [-0.4, -0.2) is 43.0 Å². The number of methoxy groups -OCH3 is 2. The van der Waals surface area contributed by atoms with Gasteiger partial charge in [-0.25, -0.2) is 4.79 Å². The summed E-state index contributed by atoms with van der Waals surface area (Å²) in [5.74, 6) is 1.42. The summed E-state index contributed by atoms with van der Waals surface area (Å²) in [6.07, 6.45) is 4.05. The molecule has 6 nitrogen and oxygen atoms in total. The van der Waals surface area contributed by atoms with Crippen molar-refractivity contribution in [3.8, 4) is 11.5 Å². The van der Waals surface area contributed by atoms with Gasteiger partial charge in [-0.3, -0.25) is 4.90 Å². The molecular weight excluding hydrogens is 334 g/mol. The molecule has 1 aliphatic carbocycles. The highest BCUT2D eigenvalue weighted by Gasteiger charge is 2.48. The number of rotatable bonds is 3. The van der Waals surface area contributed by atoms with Crippen molar-refractivity contribution in [1.29, 1.82) is 0 Å². The van der Waals surface area contributed by atoms with Crippen molar-refractivity contribution in [1.82, 2.24) is 4.90 Å². The van der Waals surface area contributed by atoms with Crippen molar-refractivity contribution < 1.29 is 24.1 Å². The van der Waals surface area contributed by atoms with Crippen LogP contribution in [0.4, 0.5) is 4.79 Å². The molecule has 1 aromatic rings. The SMILES string of the molecule is CCOC(=O)N1C(C)CC/C=C(/OC)CC2c3c(ccc(OC)c3O)C21. The van der Waals surface area contributed by atoms with E-state index in [0.29, 0.717) is 18.8 Å². The lowest BCUT2D eigenvalue weighted by molar-refractivity contribution is 0.0533. The first-order valence-electron chi connectivity index (χ1n) is 9.11. The molecule has 1 aliphatic heterocycles. The van der Waals surface area contributed by atoms with Crippen LogP contribution in [-0.2, 0) is 9.47 Å². The zero-order valence-corrected chi connectivity index (χ0v) is 15.8. The molecule has 1 N–H and O–H groups in total. The van der Waals surface area contributed by atoms with Gasteiger partial charge in [0.15, 0.2) is 11.5 Å². The summed E-state index contributed by atoms with van der Waals surface area (Å²) in [6.45, 7) is 4.19. The number of benzene rings is 1. The molecule has 3 rings (SSSR count). The van der Waals surface area contributed by atoms with Crippen LogP contribution < -0.4 is 4.74 Å². The molecule has 1 aromatic carbocycles. The number of phenolic OH excluding ortho intramolecular Hbond substituents is 1. The Bertz CT molecular complexity index is 714. The third-order valence-corrected chi connectivity index (χ3v) is 5.40. The number of fused-ring (bicyclic) bond motifs is 4. The smallest absolute Gasteiger partial charge is 0.410 e. The van der Waals surface area contributed by atoms with Gasteiger partial charge in [-0.05, 0) is 44.4 Å². The van der Waals surface area contributed by atoms with Gasteiger partial charge >= 0.3 is 6.09 Å². The van der Waals surface area contributed by atoms with Crippen LogP contribution in [0.15, 0.2) is 24.0 Å². The van der Waals surface area contributed by atoms with Crippen molar-refractivity contribution in [3.05, 3.63) is 35.1 Å². The van der Waals surface area contributed by atoms with E-state index in [-0.39, 0.29) is 29.8 Å². The minimum absolute atomic E-state index is 0.0198. The number of aromatic hydroxyl groups is 1. The van der Waals surface area contributed by atoms with Gasteiger partial charge in [-0.1, -0.05) is 6.07 Å². The second-order valence-electron chi connectivity index (χ2n) is 6.78. The Balaban J connectivity index is 2.08. The van der Waals surface area contributed by atoms with Crippen molar-refractivity contribution in [2.45, 2.75) is 51.1 Å². The first-order valence-corrected chi connectivity index (χ1v) is 9.11. The molecule has 0 radical (unpaired) electrons. The quantitative estimate of drug-likeness (QED) is 0.878. The Hall–Kier alpha value is -2.37. The number of carbonyl (C=O) groups excluding carboxylic acids is 1. The fourth-order valence-corrected chi connectivity index (χ4v) is 4.11. The molecule has 3 unspecified atom stereocenters. The second-order valence-corrected chi connectivity index (χ2v) is 6.78. The third-order valence-electron chi connectivity index (χ3n) is 5.40. The highest BCUT2D eigenvalue weighted by Crippen LogP contribution is 2.58. The van der Waals surface area contributed by atoms with Crippen molar-refractivity contribution in [2.75, 3.05) is 20.8 Å². The molecule has 142 valence electrons. The van der Waals surface area contributed by atoms with Crippen molar-refractivity contribution in [2.24, 2.45) is 0 Å². The highest BCUT2D eigenvalue weighted by molar-refractivity contribution is 5.71. The molecule has 0 bridgehead atoms. The standard InChI is InChI=1S/C20H27NO5/c1-5-26-20(23)21-12(2)7-6-8-13(24-3)11-15-17-14(18(15)21)9-10-16(25-4)19(17)22/h8-10,12,15,18,22H,5-7,11H2,1-4H3/b13-8+. The Labute approximate surface area is 154 Å². The van der Waals surface area contributed by atoms with E-state index in [1.165, 1.54) is 7.11 Å². The lowest BCUT2D eigenvalue weighted by Crippen LogP contribution is -2.47. The van der Waals surface area contributed by atoms with Crippen LogP contribution in [0.5, 0.6) is 11.5 Å². The second kappa shape index (κ2) is 7.48. The predicted octanol–water partition coefficient (Wildman–Crippen LogP) is 4.10. The molecule has 1 heterocycles. The van der Waals surface area contributed by atoms with E-state index in [1.807, 2.05) is 24.8 Å². The van der Waals surface area contributed by atoms with E-state index < -0.39 is 0 Å². The first-order chi connectivity index (χ1) is 12.5. The lowest BCUT2D eigenvalue weighted by Gasteiger charge is -2.47. The average molecular weight is 361 g/mol. The normalized spacial score (nSPS) is 26.7. The van der Waals surface area contributed by atoms with Gasteiger partial charge in [-0.2, -0.15) is 0 Å². The van der Waals surface area contributed by atoms with E-state index in [1.54, 1.807) is 13.2 Å². The van der Waals surface area contributed by atoms with E-state index >= 15 is 0 Å². The minimum atomic E-state index is -0.308. The summed E-state index contributed by atoms with van der Waals surface area (Å²) >= 11 is 0. The number of hydrogen-bond acceptors (Lipinski definition) is 5. The van der Waals surface area contributed by atoms with Crippen LogP contribution in [0.2, 0.25) is 0 Å². The largest absolute Gasteiger partial charge is 0.504 e. The first kappa shape index (κ1) is 18.4. The summed E-state index contributed by atoms with van der Waals surface area (Å²) in [4.78, 5) is 14.5. The van der Waals surface area contributed by atoms with Crippen molar-refractivity contribution in [3.63, 3.8) is 0 Å². The Kier molecular flexibility index (Phi) is 5.30. The Morgan fingerprint density at radius 1 is 1.31 bits per heavy atom. The van der Waals surface area contributed by atoms with Gasteiger partial charge in [0, 0.05) is 23.9 Å². The summed E-state index contributed by atoms with van der Waals surface area (Å²) in [7, 11) is 3.20. The maximum absolute atomic E-state index is 12.7. The molecule has 2 aliphatic rings. The van der Waals surface area contributed by atoms with E-state index in [9.17, 15) is 9.90 Å². The maximum atomic E-state index is 12.7. The number of ether oxygens (including phenoxy) is 3. The third kappa shape index (κ3) is 2.97. The molecule has 6 heteroatoms. The number of phenols is 1. The van der Waals surface area contributed by atoms with Crippen LogP contribution in [0, 0.1) is 0 Å². The number of nitrogens with zero attached hydrogens (tertiary/aromatic N) is 1. The molecule has 0 aromatic heterocycles. The summed E-state index contributed by atoms with van der Waals surface area (Å²) in [5.41, 5.74) is 1.78.